The molecule has 0 bridgehead atoms. The molecule has 2 heteroatoms. The first-order valence-electron chi connectivity index (χ1n) is 6.98. The van der Waals surface area contributed by atoms with Crippen LogP contribution in [0.2, 0.25) is 0 Å². The second-order valence-corrected chi connectivity index (χ2v) is 4.92. The van der Waals surface area contributed by atoms with E-state index in [0.717, 1.165) is 19.4 Å². The number of benzene rings is 1. The molecule has 0 amide bonds. The zero-order chi connectivity index (χ0) is 13.5. The van der Waals surface area contributed by atoms with Gasteiger partial charge in [-0.1, -0.05) is 36.8 Å². The van der Waals surface area contributed by atoms with Gasteiger partial charge in [-0.2, -0.15) is 0 Å². The molecule has 2 rings (SSSR count). The van der Waals surface area contributed by atoms with Crippen LogP contribution in [0.15, 0.2) is 48.8 Å². The predicted molar refractivity (Wildman–Crippen MR) is 80.2 cm³/mol. The third kappa shape index (κ3) is 4.18. The third-order valence-corrected chi connectivity index (χ3v) is 3.37. The first-order valence-corrected chi connectivity index (χ1v) is 6.98. The number of nitrogens with one attached hydrogen (secondary N) is 1. The van der Waals surface area contributed by atoms with Crippen molar-refractivity contribution in [2.45, 2.75) is 32.7 Å². The highest BCUT2D eigenvalue weighted by Crippen LogP contribution is 2.20. The van der Waals surface area contributed by atoms with Gasteiger partial charge in [0.1, 0.15) is 0 Å². The maximum absolute atomic E-state index is 4.06. The minimum atomic E-state index is 0.429. The van der Waals surface area contributed by atoms with Gasteiger partial charge in [-0.05, 0) is 49.6 Å². The van der Waals surface area contributed by atoms with Crippen LogP contribution < -0.4 is 5.32 Å². The molecule has 0 spiro atoms. The molecule has 0 saturated carbocycles. The van der Waals surface area contributed by atoms with Crippen molar-refractivity contribution in [1.82, 2.24) is 10.3 Å². The van der Waals surface area contributed by atoms with Gasteiger partial charge in [0, 0.05) is 18.4 Å². The number of hydrogen-bond donors (Lipinski definition) is 1. The smallest absolute Gasteiger partial charge is 0.0323 e. The number of rotatable bonds is 6. The van der Waals surface area contributed by atoms with Crippen LogP contribution in [-0.2, 0) is 6.42 Å². The van der Waals surface area contributed by atoms with Gasteiger partial charge in [0.25, 0.3) is 0 Å². The van der Waals surface area contributed by atoms with Crippen molar-refractivity contribution in [3.05, 3.63) is 65.5 Å². The molecule has 2 aromatic rings. The Morgan fingerprint density at radius 2 is 1.95 bits per heavy atom. The zero-order valence-electron chi connectivity index (χ0n) is 11.8. The van der Waals surface area contributed by atoms with E-state index in [1.54, 1.807) is 0 Å². The Bertz CT molecular complexity index is 494. The summed E-state index contributed by atoms with van der Waals surface area (Å²) in [6, 6.07) is 13.4. The SMILES string of the molecule is CCNC(CCc1ccncc1)c1cccc(C)c1. The maximum atomic E-state index is 4.06. The summed E-state index contributed by atoms with van der Waals surface area (Å²) < 4.78 is 0. The Morgan fingerprint density at radius 1 is 1.16 bits per heavy atom. The van der Waals surface area contributed by atoms with Crippen molar-refractivity contribution >= 4 is 0 Å². The molecule has 0 aliphatic rings. The molecule has 0 aliphatic heterocycles. The predicted octanol–water partition coefficient (Wildman–Crippen LogP) is 3.67. The van der Waals surface area contributed by atoms with Gasteiger partial charge in [-0.15, -0.1) is 0 Å². The standard InChI is InChI=1S/C17H22N2/c1-3-19-17(16-6-4-5-14(2)13-16)8-7-15-9-11-18-12-10-15/h4-6,9-13,17,19H,3,7-8H2,1-2H3. The number of hydrogen-bond acceptors (Lipinski definition) is 2. The fourth-order valence-corrected chi connectivity index (χ4v) is 2.38. The lowest BCUT2D eigenvalue weighted by Gasteiger charge is -2.19. The van der Waals surface area contributed by atoms with Gasteiger partial charge in [-0.3, -0.25) is 4.98 Å². The van der Waals surface area contributed by atoms with Crippen LogP contribution in [-0.4, -0.2) is 11.5 Å². The van der Waals surface area contributed by atoms with E-state index in [9.17, 15) is 0 Å². The molecule has 0 saturated heterocycles. The summed E-state index contributed by atoms with van der Waals surface area (Å²) in [6.07, 6.45) is 5.92. The molecule has 0 aliphatic carbocycles. The molecule has 1 atom stereocenters. The van der Waals surface area contributed by atoms with Crippen LogP contribution in [0.25, 0.3) is 0 Å². The highest BCUT2D eigenvalue weighted by atomic mass is 14.9. The Hall–Kier alpha value is -1.67. The molecule has 1 unspecified atom stereocenters. The average molecular weight is 254 g/mol. The summed E-state index contributed by atoms with van der Waals surface area (Å²) >= 11 is 0. The van der Waals surface area contributed by atoms with Crippen LogP contribution in [0.3, 0.4) is 0 Å². The van der Waals surface area contributed by atoms with E-state index < -0.39 is 0 Å². The lowest BCUT2D eigenvalue weighted by Crippen LogP contribution is -2.21. The van der Waals surface area contributed by atoms with Crippen molar-refractivity contribution in [2.75, 3.05) is 6.54 Å². The quantitative estimate of drug-likeness (QED) is 0.850. The molecule has 1 heterocycles. The molecular formula is C17H22N2. The normalized spacial score (nSPS) is 12.3. The Morgan fingerprint density at radius 3 is 2.63 bits per heavy atom. The molecular weight excluding hydrogens is 232 g/mol. The molecule has 0 radical (unpaired) electrons. The van der Waals surface area contributed by atoms with Gasteiger partial charge in [0.2, 0.25) is 0 Å². The van der Waals surface area contributed by atoms with Gasteiger partial charge in [-0.25, -0.2) is 0 Å². The Balaban J connectivity index is 2.04. The summed E-state index contributed by atoms with van der Waals surface area (Å²) in [5.41, 5.74) is 4.06. The highest BCUT2D eigenvalue weighted by Gasteiger charge is 2.10. The average Bonchev–Trinajstić information content (AvgIpc) is 2.44. The van der Waals surface area contributed by atoms with E-state index in [1.165, 1.54) is 16.7 Å². The molecule has 1 N–H and O–H groups in total. The monoisotopic (exact) mass is 254 g/mol. The Labute approximate surface area is 115 Å². The lowest BCUT2D eigenvalue weighted by molar-refractivity contribution is 0.515. The number of aryl methyl sites for hydroxylation is 2. The zero-order valence-corrected chi connectivity index (χ0v) is 11.8. The van der Waals surface area contributed by atoms with E-state index >= 15 is 0 Å². The lowest BCUT2D eigenvalue weighted by atomic mass is 9.98. The van der Waals surface area contributed by atoms with E-state index in [0.29, 0.717) is 6.04 Å². The third-order valence-electron chi connectivity index (χ3n) is 3.37. The maximum Gasteiger partial charge on any atom is 0.0323 e. The van der Waals surface area contributed by atoms with Crippen LogP contribution in [0.4, 0.5) is 0 Å². The highest BCUT2D eigenvalue weighted by molar-refractivity contribution is 5.25. The largest absolute Gasteiger partial charge is 0.310 e. The second-order valence-electron chi connectivity index (χ2n) is 4.92. The van der Waals surface area contributed by atoms with Crippen molar-refractivity contribution in [1.29, 1.82) is 0 Å². The summed E-state index contributed by atoms with van der Waals surface area (Å²) in [7, 11) is 0. The molecule has 1 aromatic carbocycles. The van der Waals surface area contributed by atoms with Crippen molar-refractivity contribution < 1.29 is 0 Å². The molecule has 1 aromatic heterocycles. The fraction of sp³-hybridized carbons (Fsp3) is 0.353. The minimum absolute atomic E-state index is 0.429. The van der Waals surface area contributed by atoms with Crippen molar-refractivity contribution in [2.24, 2.45) is 0 Å². The van der Waals surface area contributed by atoms with Crippen LogP contribution >= 0.6 is 0 Å². The van der Waals surface area contributed by atoms with Gasteiger partial charge >= 0.3 is 0 Å². The summed E-state index contributed by atoms with van der Waals surface area (Å²) in [4.78, 5) is 4.06. The molecule has 2 nitrogen and oxygen atoms in total. The molecule has 19 heavy (non-hydrogen) atoms. The van der Waals surface area contributed by atoms with Gasteiger partial charge in [0.05, 0.1) is 0 Å². The van der Waals surface area contributed by atoms with E-state index in [-0.39, 0.29) is 0 Å². The summed E-state index contributed by atoms with van der Waals surface area (Å²) in [5.74, 6) is 0. The van der Waals surface area contributed by atoms with E-state index in [1.807, 2.05) is 12.4 Å². The number of pyridine rings is 1. The summed E-state index contributed by atoms with van der Waals surface area (Å²) in [6.45, 7) is 5.31. The van der Waals surface area contributed by atoms with Crippen LogP contribution in [0.5, 0.6) is 0 Å². The molecule has 100 valence electrons. The number of aromatic nitrogens is 1. The number of nitrogens with zero attached hydrogens (tertiary/aromatic N) is 1. The van der Waals surface area contributed by atoms with Crippen LogP contribution in [0, 0.1) is 6.92 Å². The Kier molecular flexibility index (Phi) is 5.10. The van der Waals surface area contributed by atoms with Crippen LogP contribution in [0.1, 0.15) is 36.1 Å². The second kappa shape index (κ2) is 7.05. The van der Waals surface area contributed by atoms with Crippen molar-refractivity contribution in [3.63, 3.8) is 0 Å². The van der Waals surface area contributed by atoms with E-state index in [4.69, 9.17) is 0 Å². The topological polar surface area (TPSA) is 24.9 Å². The minimum Gasteiger partial charge on any atom is -0.310 e. The molecule has 0 fully saturated rings. The fourth-order valence-electron chi connectivity index (χ4n) is 2.38. The summed E-state index contributed by atoms with van der Waals surface area (Å²) in [5, 5.41) is 3.58. The van der Waals surface area contributed by atoms with Gasteiger partial charge < -0.3 is 5.32 Å². The van der Waals surface area contributed by atoms with E-state index in [2.05, 4.69) is 60.5 Å². The van der Waals surface area contributed by atoms with Gasteiger partial charge in [0.15, 0.2) is 0 Å². The van der Waals surface area contributed by atoms with Crippen molar-refractivity contribution in [3.8, 4) is 0 Å². The first-order chi connectivity index (χ1) is 9.29. The first kappa shape index (κ1) is 13.8.